The number of aromatic nitrogens is 4. The van der Waals surface area contributed by atoms with Gasteiger partial charge in [0.2, 0.25) is 6.79 Å². The molecule has 0 saturated heterocycles. The normalized spacial score (nSPS) is 13.1. The molecule has 2 aromatic heterocycles. The molecular weight excluding hydrogens is 292 g/mol. The summed E-state index contributed by atoms with van der Waals surface area (Å²) >= 11 is 6.17. The van der Waals surface area contributed by atoms with Gasteiger partial charge in [0.15, 0.2) is 28.1 Å². The van der Waals surface area contributed by atoms with Crippen LogP contribution in [0.1, 0.15) is 11.1 Å². The van der Waals surface area contributed by atoms with Crippen molar-refractivity contribution in [2.75, 3.05) is 6.79 Å². The molecule has 6 nitrogen and oxygen atoms in total. The Morgan fingerprint density at radius 1 is 1.10 bits per heavy atom. The van der Waals surface area contributed by atoms with E-state index in [9.17, 15) is 0 Å². The largest absolute Gasteiger partial charge is 0.454 e. The number of nitrogens with zero attached hydrogens (tertiary/aromatic N) is 4. The maximum atomic E-state index is 6.17. The third-order valence-electron chi connectivity index (χ3n) is 3.67. The summed E-state index contributed by atoms with van der Waals surface area (Å²) < 4.78 is 12.4. The molecule has 0 N–H and O–H groups in total. The maximum absolute atomic E-state index is 6.17. The van der Waals surface area contributed by atoms with E-state index >= 15 is 0 Å². The van der Waals surface area contributed by atoms with Gasteiger partial charge in [0.25, 0.3) is 0 Å². The molecule has 21 heavy (non-hydrogen) atoms. The van der Waals surface area contributed by atoms with Crippen LogP contribution >= 0.6 is 11.6 Å². The first-order chi connectivity index (χ1) is 10.1. The first-order valence-corrected chi connectivity index (χ1v) is 6.81. The Kier molecular flexibility index (Phi) is 2.56. The van der Waals surface area contributed by atoms with Crippen LogP contribution in [0.25, 0.3) is 17.0 Å². The van der Waals surface area contributed by atoms with E-state index < -0.39 is 0 Å². The van der Waals surface area contributed by atoms with Gasteiger partial charge in [-0.1, -0.05) is 11.6 Å². The van der Waals surface area contributed by atoms with Crippen LogP contribution in [-0.4, -0.2) is 26.6 Å². The zero-order valence-electron chi connectivity index (χ0n) is 11.4. The molecule has 1 aliphatic rings. The lowest BCUT2D eigenvalue weighted by molar-refractivity contribution is 0.174. The quantitative estimate of drug-likeness (QED) is 0.691. The Morgan fingerprint density at radius 3 is 2.76 bits per heavy atom. The number of ether oxygens (including phenoxy) is 2. The minimum Gasteiger partial charge on any atom is -0.454 e. The number of rotatable bonds is 1. The zero-order chi connectivity index (χ0) is 14.6. The van der Waals surface area contributed by atoms with Gasteiger partial charge in [-0.05, 0) is 37.6 Å². The molecule has 3 heterocycles. The van der Waals surface area contributed by atoms with Crippen molar-refractivity contribution in [1.29, 1.82) is 0 Å². The van der Waals surface area contributed by atoms with E-state index in [1.807, 2.05) is 32.0 Å². The van der Waals surface area contributed by atoms with Crippen molar-refractivity contribution in [3.05, 3.63) is 34.5 Å². The predicted molar refractivity (Wildman–Crippen MR) is 76.8 cm³/mol. The Hall–Kier alpha value is -2.34. The van der Waals surface area contributed by atoms with Crippen molar-refractivity contribution < 1.29 is 9.47 Å². The van der Waals surface area contributed by atoms with Gasteiger partial charge in [0.05, 0.1) is 0 Å². The summed E-state index contributed by atoms with van der Waals surface area (Å²) in [4.78, 5) is 0. The minimum atomic E-state index is 0.238. The van der Waals surface area contributed by atoms with Gasteiger partial charge in [0, 0.05) is 11.1 Å². The zero-order valence-corrected chi connectivity index (χ0v) is 12.2. The average molecular weight is 303 g/mol. The second-order valence-electron chi connectivity index (χ2n) is 4.87. The molecule has 0 bridgehead atoms. The first-order valence-electron chi connectivity index (χ1n) is 6.43. The minimum absolute atomic E-state index is 0.238. The van der Waals surface area contributed by atoms with Gasteiger partial charge in [-0.3, -0.25) is 0 Å². The highest BCUT2D eigenvalue weighted by Gasteiger charge is 2.18. The third kappa shape index (κ3) is 1.76. The molecule has 0 amide bonds. The van der Waals surface area contributed by atoms with Crippen LogP contribution in [0.3, 0.4) is 0 Å². The Morgan fingerprint density at radius 2 is 1.90 bits per heavy atom. The summed E-state index contributed by atoms with van der Waals surface area (Å²) in [7, 11) is 0. The highest BCUT2D eigenvalue weighted by Crippen LogP contribution is 2.35. The molecule has 0 saturated carbocycles. The number of benzene rings is 1. The fraction of sp³-hybridized carbons (Fsp3) is 0.214. The Bertz CT molecular complexity index is 875. The van der Waals surface area contributed by atoms with Crippen LogP contribution in [0.5, 0.6) is 11.5 Å². The van der Waals surface area contributed by atoms with Crippen molar-refractivity contribution in [2.45, 2.75) is 13.8 Å². The van der Waals surface area contributed by atoms with Crippen molar-refractivity contribution in [3.63, 3.8) is 0 Å². The fourth-order valence-electron chi connectivity index (χ4n) is 2.31. The maximum Gasteiger partial charge on any atom is 0.231 e. The van der Waals surface area contributed by atoms with Crippen molar-refractivity contribution >= 4 is 17.2 Å². The highest BCUT2D eigenvalue weighted by atomic mass is 35.5. The van der Waals surface area contributed by atoms with Crippen molar-refractivity contribution in [3.8, 4) is 22.9 Å². The lowest BCUT2D eigenvalue weighted by Crippen LogP contribution is -2.00. The molecule has 0 fully saturated rings. The fourth-order valence-corrected chi connectivity index (χ4v) is 2.53. The summed E-state index contributed by atoms with van der Waals surface area (Å²) in [5, 5.41) is 13.2. The van der Waals surface area contributed by atoms with Crippen LogP contribution in [0.2, 0.25) is 5.15 Å². The first kappa shape index (κ1) is 12.4. The van der Waals surface area contributed by atoms with Crippen LogP contribution in [0.15, 0.2) is 18.2 Å². The second-order valence-corrected chi connectivity index (χ2v) is 5.23. The van der Waals surface area contributed by atoms with Gasteiger partial charge in [-0.15, -0.1) is 10.2 Å². The topological polar surface area (TPSA) is 61.5 Å². The van der Waals surface area contributed by atoms with Gasteiger partial charge in [-0.25, -0.2) is 0 Å². The molecule has 1 aliphatic heterocycles. The van der Waals surface area contributed by atoms with Gasteiger partial charge in [-0.2, -0.15) is 9.61 Å². The molecule has 0 unspecified atom stereocenters. The van der Waals surface area contributed by atoms with E-state index in [1.165, 1.54) is 0 Å². The van der Waals surface area contributed by atoms with E-state index in [0.29, 0.717) is 22.4 Å². The van der Waals surface area contributed by atoms with Gasteiger partial charge < -0.3 is 9.47 Å². The molecule has 3 aromatic rings. The molecule has 1 aromatic carbocycles. The van der Waals surface area contributed by atoms with Gasteiger partial charge in [0.1, 0.15) is 0 Å². The molecule has 106 valence electrons. The molecule has 0 spiro atoms. The van der Waals surface area contributed by atoms with Crippen LogP contribution in [0.4, 0.5) is 0 Å². The molecule has 0 aliphatic carbocycles. The van der Waals surface area contributed by atoms with Gasteiger partial charge >= 0.3 is 0 Å². The monoisotopic (exact) mass is 302 g/mol. The molecule has 4 rings (SSSR count). The average Bonchev–Trinajstić information content (AvgIpc) is 3.10. The van der Waals surface area contributed by atoms with E-state index in [-0.39, 0.29) is 6.79 Å². The third-order valence-corrected chi connectivity index (χ3v) is 4.03. The van der Waals surface area contributed by atoms with E-state index in [4.69, 9.17) is 21.1 Å². The Labute approximate surface area is 125 Å². The van der Waals surface area contributed by atoms with E-state index in [0.717, 1.165) is 22.4 Å². The van der Waals surface area contributed by atoms with Crippen LogP contribution in [-0.2, 0) is 0 Å². The summed E-state index contributed by atoms with van der Waals surface area (Å²) in [5.74, 6) is 2.04. The predicted octanol–water partition coefficient (Wildman–Crippen LogP) is 2.79. The smallest absolute Gasteiger partial charge is 0.231 e. The van der Waals surface area contributed by atoms with Crippen molar-refractivity contribution in [2.24, 2.45) is 0 Å². The number of fused-ring (bicyclic) bond motifs is 2. The number of hydrogen-bond donors (Lipinski definition) is 0. The standard InChI is InChI=1S/C14H11ClN4O2/c1-7-8(2)13-16-17-14(19(13)18-12(7)15)9-3-4-10-11(5-9)21-6-20-10/h3-5H,6H2,1-2H3. The number of aryl methyl sites for hydroxylation is 1. The second kappa shape index (κ2) is 4.33. The highest BCUT2D eigenvalue weighted by molar-refractivity contribution is 6.30. The lowest BCUT2D eigenvalue weighted by atomic mass is 10.2. The summed E-state index contributed by atoms with van der Waals surface area (Å²) in [5.41, 5.74) is 3.42. The molecule has 0 atom stereocenters. The van der Waals surface area contributed by atoms with E-state index in [2.05, 4.69) is 15.3 Å². The lowest BCUT2D eigenvalue weighted by Gasteiger charge is -2.05. The summed E-state index contributed by atoms with van der Waals surface area (Å²) in [6.07, 6.45) is 0. The Balaban J connectivity index is 1.95. The number of hydrogen-bond acceptors (Lipinski definition) is 5. The SMILES string of the molecule is Cc1c(Cl)nn2c(-c3ccc4c(c3)OCO4)nnc2c1C. The van der Waals surface area contributed by atoms with Crippen molar-refractivity contribution in [1.82, 2.24) is 19.8 Å². The molecule has 0 radical (unpaired) electrons. The molecule has 7 heteroatoms. The van der Waals surface area contributed by atoms with Crippen LogP contribution < -0.4 is 9.47 Å². The van der Waals surface area contributed by atoms with Crippen LogP contribution in [0, 0.1) is 13.8 Å². The summed E-state index contributed by atoms with van der Waals surface area (Å²) in [6.45, 7) is 4.11. The summed E-state index contributed by atoms with van der Waals surface area (Å²) in [6, 6.07) is 5.61. The number of halogens is 1. The molecular formula is C14H11ClN4O2. The van der Waals surface area contributed by atoms with E-state index in [1.54, 1.807) is 4.52 Å².